The minimum atomic E-state index is -1.07. The fraction of sp³-hybridized carbons (Fsp3) is 0.500. The van der Waals surface area contributed by atoms with E-state index in [9.17, 15) is 14.9 Å². The number of carbonyl (C=O) groups is 1. The average Bonchev–Trinajstić information content (AvgIpc) is 2.34. The molecule has 0 heterocycles. The molecule has 0 aliphatic rings. The van der Waals surface area contributed by atoms with Crippen molar-refractivity contribution in [3.63, 3.8) is 0 Å². The lowest BCUT2D eigenvalue weighted by atomic mass is 9.92. The summed E-state index contributed by atoms with van der Waals surface area (Å²) >= 11 is 0. The first kappa shape index (κ1) is 16.1. The van der Waals surface area contributed by atoms with E-state index >= 15 is 0 Å². The van der Waals surface area contributed by atoms with Gasteiger partial charge in [0.05, 0.1) is 5.92 Å². The molecule has 0 aromatic heterocycles. The van der Waals surface area contributed by atoms with Gasteiger partial charge in [-0.3, -0.25) is 14.9 Å². The van der Waals surface area contributed by atoms with E-state index in [1.165, 1.54) is 0 Å². The Balaban J connectivity index is 2.94. The number of ether oxygens (including phenoxy) is 1. The Hall–Kier alpha value is -1.95. The first-order chi connectivity index (χ1) is 9.20. The largest absolute Gasteiger partial charge is 0.459 e. The number of benzene rings is 1. The molecule has 0 aliphatic heterocycles. The fourth-order valence-corrected chi connectivity index (χ4v) is 1.82. The maximum atomic E-state index is 12.0. The summed E-state index contributed by atoms with van der Waals surface area (Å²) in [7, 11) is 0. The van der Waals surface area contributed by atoms with Crippen molar-refractivity contribution < 1.29 is 14.5 Å². The first-order valence-electron chi connectivity index (χ1n) is 6.36. The van der Waals surface area contributed by atoms with Gasteiger partial charge >= 0.3 is 5.97 Å². The zero-order valence-electron chi connectivity index (χ0n) is 11.9. The highest BCUT2D eigenvalue weighted by atomic mass is 16.6. The van der Waals surface area contributed by atoms with Crippen LogP contribution in [0.4, 0.5) is 0 Å². The third-order valence-electron chi connectivity index (χ3n) is 2.69. The van der Waals surface area contributed by atoms with Crippen molar-refractivity contribution >= 4 is 5.97 Å². The molecular formula is C14H20N2O4. The topological polar surface area (TPSA) is 95.5 Å². The van der Waals surface area contributed by atoms with E-state index < -0.39 is 35.0 Å². The van der Waals surface area contributed by atoms with E-state index in [4.69, 9.17) is 10.5 Å². The summed E-state index contributed by atoms with van der Waals surface area (Å²) in [4.78, 5) is 22.3. The number of nitrogens with zero attached hydrogens (tertiary/aromatic N) is 1. The third-order valence-corrected chi connectivity index (χ3v) is 2.69. The smallest absolute Gasteiger partial charge is 0.324 e. The number of hydrogen-bond donors (Lipinski definition) is 1. The third kappa shape index (κ3) is 4.97. The van der Waals surface area contributed by atoms with Crippen molar-refractivity contribution in [1.29, 1.82) is 0 Å². The number of rotatable bonds is 5. The number of carbonyl (C=O) groups excluding carboxylic acids is 1. The Labute approximate surface area is 118 Å². The van der Waals surface area contributed by atoms with Gasteiger partial charge in [0.1, 0.15) is 11.6 Å². The monoisotopic (exact) mass is 280 g/mol. The van der Waals surface area contributed by atoms with Crippen LogP contribution in [0.15, 0.2) is 30.3 Å². The molecule has 0 amide bonds. The lowest BCUT2D eigenvalue weighted by molar-refractivity contribution is -0.483. The molecule has 2 N–H and O–H groups in total. The Morgan fingerprint density at radius 2 is 1.90 bits per heavy atom. The highest BCUT2D eigenvalue weighted by Crippen LogP contribution is 2.21. The van der Waals surface area contributed by atoms with E-state index in [0.717, 1.165) is 0 Å². The summed E-state index contributed by atoms with van der Waals surface area (Å²) in [5.74, 6) is -1.34. The van der Waals surface area contributed by atoms with E-state index in [-0.39, 0.29) is 0 Å². The molecule has 0 bridgehead atoms. The lowest BCUT2D eigenvalue weighted by Gasteiger charge is -2.25. The van der Waals surface area contributed by atoms with Gasteiger partial charge in [0.2, 0.25) is 6.54 Å². The van der Waals surface area contributed by atoms with Crippen LogP contribution in [0.1, 0.15) is 32.3 Å². The summed E-state index contributed by atoms with van der Waals surface area (Å²) in [6.45, 7) is 4.76. The molecule has 1 aromatic carbocycles. The van der Waals surface area contributed by atoms with Crippen LogP contribution in [-0.4, -0.2) is 29.1 Å². The van der Waals surface area contributed by atoms with Gasteiger partial charge in [-0.2, -0.15) is 0 Å². The van der Waals surface area contributed by atoms with Crippen LogP contribution in [-0.2, 0) is 9.53 Å². The predicted octanol–water partition coefficient (Wildman–Crippen LogP) is 1.72. The number of nitrogens with two attached hydrogens (primary N) is 1. The molecule has 0 saturated heterocycles. The molecule has 0 saturated carbocycles. The van der Waals surface area contributed by atoms with E-state index in [2.05, 4.69) is 0 Å². The molecule has 1 aromatic rings. The second kappa shape index (κ2) is 6.47. The molecule has 2 atom stereocenters. The Morgan fingerprint density at radius 3 is 2.35 bits per heavy atom. The SMILES string of the molecule is CC(C)(C)OC(=O)[C@H](N)[C@@H](C[N+](=O)[O-])c1ccccc1. The van der Waals surface area contributed by atoms with Gasteiger partial charge in [-0.25, -0.2) is 0 Å². The van der Waals surface area contributed by atoms with E-state index in [0.29, 0.717) is 5.56 Å². The van der Waals surface area contributed by atoms with Crippen LogP contribution in [0.25, 0.3) is 0 Å². The van der Waals surface area contributed by atoms with Crippen LogP contribution < -0.4 is 5.73 Å². The quantitative estimate of drug-likeness (QED) is 0.503. The highest BCUT2D eigenvalue weighted by molar-refractivity contribution is 5.77. The summed E-state index contributed by atoms with van der Waals surface area (Å²) < 4.78 is 5.20. The van der Waals surface area contributed by atoms with Crippen molar-refractivity contribution in [2.45, 2.75) is 38.3 Å². The van der Waals surface area contributed by atoms with Crippen LogP contribution in [0.5, 0.6) is 0 Å². The molecule has 0 radical (unpaired) electrons. The summed E-state index contributed by atoms with van der Waals surface area (Å²) in [5, 5.41) is 10.8. The molecule has 0 fully saturated rings. The minimum absolute atomic E-state index is 0.412. The molecule has 6 heteroatoms. The van der Waals surface area contributed by atoms with Crippen LogP contribution in [0.3, 0.4) is 0 Å². The standard InChI is InChI=1S/C14H20N2O4/c1-14(2,3)20-13(17)12(15)11(9-16(18)19)10-7-5-4-6-8-10/h4-8,11-12H,9,15H2,1-3H3/t11-,12+/m0/s1. The summed E-state index contributed by atoms with van der Waals surface area (Å²) in [6.07, 6.45) is 0. The van der Waals surface area contributed by atoms with Gasteiger partial charge in [0.25, 0.3) is 0 Å². The molecule has 6 nitrogen and oxygen atoms in total. The molecule has 0 unspecified atom stereocenters. The van der Waals surface area contributed by atoms with Crippen molar-refractivity contribution in [1.82, 2.24) is 0 Å². The first-order valence-corrected chi connectivity index (χ1v) is 6.36. The molecule has 20 heavy (non-hydrogen) atoms. The number of hydrogen-bond acceptors (Lipinski definition) is 5. The number of esters is 1. The summed E-state index contributed by atoms with van der Waals surface area (Å²) in [6, 6.07) is 7.68. The Kier molecular flexibility index (Phi) is 5.21. The highest BCUT2D eigenvalue weighted by Gasteiger charge is 2.33. The van der Waals surface area contributed by atoms with Gasteiger partial charge in [0, 0.05) is 4.92 Å². The predicted molar refractivity (Wildman–Crippen MR) is 74.9 cm³/mol. The summed E-state index contributed by atoms with van der Waals surface area (Å²) in [5.41, 5.74) is 5.85. The second-order valence-corrected chi connectivity index (χ2v) is 5.59. The fourth-order valence-electron chi connectivity index (χ4n) is 1.82. The molecular weight excluding hydrogens is 260 g/mol. The Morgan fingerprint density at radius 1 is 1.35 bits per heavy atom. The van der Waals surface area contributed by atoms with Gasteiger partial charge in [-0.15, -0.1) is 0 Å². The molecule has 0 aliphatic carbocycles. The minimum Gasteiger partial charge on any atom is -0.459 e. The van der Waals surface area contributed by atoms with Crippen molar-refractivity contribution in [2.75, 3.05) is 6.54 Å². The van der Waals surface area contributed by atoms with Crippen molar-refractivity contribution in [3.8, 4) is 0 Å². The maximum absolute atomic E-state index is 12.0. The van der Waals surface area contributed by atoms with Crippen LogP contribution in [0, 0.1) is 10.1 Å². The van der Waals surface area contributed by atoms with Gasteiger partial charge < -0.3 is 10.5 Å². The van der Waals surface area contributed by atoms with Gasteiger partial charge in [-0.05, 0) is 26.3 Å². The Bertz CT molecular complexity index is 468. The number of nitro groups is 1. The second-order valence-electron chi connectivity index (χ2n) is 5.59. The van der Waals surface area contributed by atoms with Crippen LogP contribution >= 0.6 is 0 Å². The van der Waals surface area contributed by atoms with E-state index in [1.807, 2.05) is 0 Å². The lowest BCUT2D eigenvalue weighted by Crippen LogP contribution is -2.43. The van der Waals surface area contributed by atoms with E-state index in [1.54, 1.807) is 51.1 Å². The van der Waals surface area contributed by atoms with Gasteiger partial charge in [-0.1, -0.05) is 30.3 Å². The van der Waals surface area contributed by atoms with Crippen molar-refractivity contribution in [3.05, 3.63) is 46.0 Å². The molecule has 1 rings (SSSR count). The molecule has 110 valence electrons. The maximum Gasteiger partial charge on any atom is 0.324 e. The molecule has 0 spiro atoms. The average molecular weight is 280 g/mol. The van der Waals surface area contributed by atoms with Gasteiger partial charge in [0.15, 0.2) is 0 Å². The zero-order valence-corrected chi connectivity index (χ0v) is 11.9. The normalized spacial score (nSPS) is 14.4. The zero-order chi connectivity index (χ0) is 15.3. The van der Waals surface area contributed by atoms with Crippen LogP contribution in [0.2, 0.25) is 0 Å². The van der Waals surface area contributed by atoms with Crippen molar-refractivity contribution in [2.24, 2.45) is 5.73 Å².